The molecule has 2 aliphatic carbocycles. The zero-order valence-electron chi connectivity index (χ0n) is 13.1. The standard InChI is InChI=1S/C16H26N4S/c1-3-8-17-14-9-15(19-16(18-14)21-2)20(10-12-4-5-12)11-13-6-7-13/h9,12-13H,3-8,10-11H2,1-2H3,(H,17,18,19). The van der Waals surface area contributed by atoms with Crippen LogP contribution in [-0.4, -0.2) is 35.9 Å². The van der Waals surface area contributed by atoms with Crippen molar-refractivity contribution in [2.75, 3.05) is 36.1 Å². The molecule has 4 nitrogen and oxygen atoms in total. The van der Waals surface area contributed by atoms with Gasteiger partial charge in [0.25, 0.3) is 0 Å². The minimum atomic E-state index is 0.877. The maximum absolute atomic E-state index is 4.76. The quantitative estimate of drug-likeness (QED) is 0.557. The molecule has 3 rings (SSSR count). The molecule has 0 aliphatic heterocycles. The minimum absolute atomic E-state index is 0.877. The molecule has 2 aliphatic rings. The highest BCUT2D eigenvalue weighted by molar-refractivity contribution is 7.98. The first kappa shape index (κ1) is 14.9. The van der Waals surface area contributed by atoms with E-state index in [1.165, 1.54) is 38.8 Å². The molecular formula is C16H26N4S. The van der Waals surface area contributed by atoms with Crippen molar-refractivity contribution < 1.29 is 0 Å². The summed E-state index contributed by atoms with van der Waals surface area (Å²) in [7, 11) is 0. The van der Waals surface area contributed by atoms with E-state index < -0.39 is 0 Å². The molecule has 0 radical (unpaired) electrons. The summed E-state index contributed by atoms with van der Waals surface area (Å²) in [5.74, 6) is 3.88. The van der Waals surface area contributed by atoms with E-state index in [1.807, 2.05) is 0 Å². The van der Waals surface area contributed by atoms with Crippen LogP contribution in [0, 0.1) is 11.8 Å². The number of thioether (sulfide) groups is 1. The summed E-state index contributed by atoms with van der Waals surface area (Å²) in [5.41, 5.74) is 0. The molecule has 21 heavy (non-hydrogen) atoms. The fourth-order valence-electron chi connectivity index (χ4n) is 2.50. The Kier molecular flexibility index (Phi) is 4.88. The molecule has 1 aromatic rings. The van der Waals surface area contributed by atoms with Crippen molar-refractivity contribution in [1.29, 1.82) is 0 Å². The SMILES string of the molecule is CCCNc1cc(N(CC2CC2)CC2CC2)nc(SC)n1. The van der Waals surface area contributed by atoms with Crippen LogP contribution < -0.4 is 10.2 Å². The molecule has 0 spiro atoms. The molecule has 1 heterocycles. The van der Waals surface area contributed by atoms with E-state index >= 15 is 0 Å². The fraction of sp³-hybridized carbons (Fsp3) is 0.750. The first-order valence-corrected chi connectivity index (χ1v) is 9.43. The van der Waals surface area contributed by atoms with Gasteiger partial charge >= 0.3 is 0 Å². The van der Waals surface area contributed by atoms with Crippen LogP contribution in [0.25, 0.3) is 0 Å². The largest absolute Gasteiger partial charge is 0.370 e. The van der Waals surface area contributed by atoms with Crippen molar-refractivity contribution in [3.63, 3.8) is 0 Å². The average molecular weight is 306 g/mol. The molecule has 2 saturated carbocycles. The number of anilines is 2. The summed E-state index contributed by atoms with van der Waals surface area (Å²) in [5, 5.41) is 4.29. The number of hydrogen-bond donors (Lipinski definition) is 1. The van der Waals surface area contributed by atoms with E-state index in [1.54, 1.807) is 11.8 Å². The number of rotatable bonds is 9. The van der Waals surface area contributed by atoms with Gasteiger partial charge in [-0.2, -0.15) is 0 Å². The lowest BCUT2D eigenvalue weighted by molar-refractivity contribution is 0.666. The van der Waals surface area contributed by atoms with E-state index in [0.29, 0.717) is 0 Å². The normalized spacial score (nSPS) is 17.8. The van der Waals surface area contributed by atoms with Gasteiger partial charge in [0, 0.05) is 25.7 Å². The van der Waals surface area contributed by atoms with Crippen LogP contribution in [0.1, 0.15) is 39.0 Å². The van der Waals surface area contributed by atoms with Crippen molar-refractivity contribution in [2.24, 2.45) is 11.8 Å². The van der Waals surface area contributed by atoms with E-state index in [9.17, 15) is 0 Å². The van der Waals surface area contributed by atoms with Crippen LogP contribution in [0.15, 0.2) is 11.2 Å². The fourth-order valence-corrected chi connectivity index (χ4v) is 2.87. The van der Waals surface area contributed by atoms with Crippen molar-refractivity contribution >= 4 is 23.4 Å². The summed E-state index contributed by atoms with van der Waals surface area (Å²) in [6.45, 7) is 5.50. The minimum Gasteiger partial charge on any atom is -0.370 e. The van der Waals surface area contributed by atoms with Crippen LogP contribution >= 0.6 is 11.8 Å². The Morgan fingerprint density at radius 3 is 2.38 bits per heavy atom. The third kappa shape index (κ3) is 4.50. The Hall–Kier alpha value is -0.970. The third-order valence-corrected chi connectivity index (χ3v) is 4.65. The molecule has 1 aromatic heterocycles. The van der Waals surface area contributed by atoms with Crippen molar-refractivity contribution in [3.05, 3.63) is 6.07 Å². The predicted molar refractivity (Wildman–Crippen MR) is 90.3 cm³/mol. The van der Waals surface area contributed by atoms with Gasteiger partial charge in [0.05, 0.1) is 0 Å². The van der Waals surface area contributed by atoms with Gasteiger partial charge in [-0.15, -0.1) is 0 Å². The number of hydrogen-bond acceptors (Lipinski definition) is 5. The number of nitrogens with zero attached hydrogens (tertiary/aromatic N) is 3. The Labute approximate surface area is 132 Å². The third-order valence-electron chi connectivity index (χ3n) is 4.11. The lowest BCUT2D eigenvalue weighted by atomic mass is 10.3. The molecule has 0 atom stereocenters. The lowest BCUT2D eigenvalue weighted by Gasteiger charge is -2.24. The summed E-state index contributed by atoms with van der Waals surface area (Å²) in [4.78, 5) is 11.8. The van der Waals surface area contributed by atoms with Gasteiger partial charge in [-0.3, -0.25) is 0 Å². The highest BCUT2D eigenvalue weighted by Crippen LogP contribution is 2.35. The Balaban J connectivity index is 1.77. The first-order chi connectivity index (χ1) is 10.3. The lowest BCUT2D eigenvalue weighted by Crippen LogP contribution is -2.29. The van der Waals surface area contributed by atoms with Crippen LogP contribution in [0.2, 0.25) is 0 Å². The molecule has 0 unspecified atom stereocenters. The molecule has 116 valence electrons. The molecule has 2 fully saturated rings. The van der Waals surface area contributed by atoms with Gasteiger partial charge in [0.2, 0.25) is 0 Å². The van der Waals surface area contributed by atoms with Gasteiger partial charge in [-0.25, -0.2) is 9.97 Å². The zero-order chi connectivity index (χ0) is 14.7. The van der Waals surface area contributed by atoms with Crippen molar-refractivity contribution in [3.8, 4) is 0 Å². The highest BCUT2D eigenvalue weighted by Gasteiger charge is 2.30. The first-order valence-electron chi connectivity index (χ1n) is 8.20. The summed E-state index contributed by atoms with van der Waals surface area (Å²) in [6, 6.07) is 2.14. The van der Waals surface area contributed by atoms with Gasteiger partial charge < -0.3 is 10.2 Å². The van der Waals surface area contributed by atoms with Gasteiger partial charge in [0.15, 0.2) is 5.16 Å². The number of aromatic nitrogens is 2. The summed E-state index contributed by atoms with van der Waals surface area (Å²) < 4.78 is 0. The topological polar surface area (TPSA) is 41.0 Å². The molecule has 0 aromatic carbocycles. The van der Waals surface area contributed by atoms with Gasteiger partial charge in [-0.1, -0.05) is 18.7 Å². The van der Waals surface area contributed by atoms with Crippen molar-refractivity contribution in [1.82, 2.24) is 9.97 Å². The Bertz CT molecular complexity index is 457. The monoisotopic (exact) mass is 306 g/mol. The maximum Gasteiger partial charge on any atom is 0.191 e. The zero-order valence-corrected chi connectivity index (χ0v) is 14.0. The van der Waals surface area contributed by atoms with Crippen LogP contribution in [0.5, 0.6) is 0 Å². The maximum atomic E-state index is 4.76. The Morgan fingerprint density at radius 1 is 1.19 bits per heavy atom. The van der Waals surface area contributed by atoms with Crippen molar-refractivity contribution in [2.45, 2.75) is 44.2 Å². The molecule has 5 heteroatoms. The van der Waals surface area contributed by atoms with Crippen LogP contribution in [0.3, 0.4) is 0 Å². The number of nitrogens with one attached hydrogen (secondary N) is 1. The second kappa shape index (κ2) is 6.86. The summed E-state index contributed by atoms with van der Waals surface area (Å²) in [6.07, 6.45) is 8.73. The van der Waals surface area contributed by atoms with E-state index in [-0.39, 0.29) is 0 Å². The van der Waals surface area contributed by atoms with E-state index in [4.69, 9.17) is 4.98 Å². The highest BCUT2D eigenvalue weighted by atomic mass is 32.2. The average Bonchev–Trinajstić information content (AvgIpc) is 3.39. The predicted octanol–water partition coefficient (Wildman–Crippen LogP) is 3.65. The van der Waals surface area contributed by atoms with Gasteiger partial charge in [-0.05, 0) is 50.2 Å². The molecule has 0 bridgehead atoms. The smallest absolute Gasteiger partial charge is 0.191 e. The molecule has 0 saturated heterocycles. The second-order valence-electron chi connectivity index (χ2n) is 6.32. The van der Waals surface area contributed by atoms with E-state index in [2.05, 4.69) is 34.4 Å². The summed E-state index contributed by atoms with van der Waals surface area (Å²) >= 11 is 1.63. The van der Waals surface area contributed by atoms with E-state index in [0.717, 1.165) is 41.6 Å². The van der Waals surface area contributed by atoms with Gasteiger partial charge in [0.1, 0.15) is 11.6 Å². The van der Waals surface area contributed by atoms with Crippen LogP contribution in [0.4, 0.5) is 11.6 Å². The molecule has 1 N–H and O–H groups in total. The second-order valence-corrected chi connectivity index (χ2v) is 7.09. The molecular weight excluding hydrogens is 280 g/mol. The Morgan fingerprint density at radius 2 is 1.86 bits per heavy atom. The van der Waals surface area contributed by atoms with Crippen LogP contribution in [-0.2, 0) is 0 Å². The molecule has 0 amide bonds.